The van der Waals surface area contributed by atoms with Crippen LogP contribution in [0.3, 0.4) is 0 Å². The van der Waals surface area contributed by atoms with Crippen molar-refractivity contribution in [2.24, 2.45) is 0 Å². The first-order valence-electron chi connectivity index (χ1n) is 36.3. The highest BCUT2D eigenvalue weighted by Gasteiger charge is 2.18. The van der Waals surface area contributed by atoms with E-state index in [1.165, 1.54) is 315 Å². The molecule has 0 saturated carbocycles. The molecule has 0 rings (SSSR count). The molecular formula is C74H141NO5. The Hall–Kier alpha value is -1.92. The summed E-state index contributed by atoms with van der Waals surface area (Å²) in [5, 5.41) is 23.2. The number of nitrogens with one attached hydrogen (secondary N) is 1. The van der Waals surface area contributed by atoms with Crippen molar-refractivity contribution in [3.05, 3.63) is 36.5 Å². The number of hydrogen-bond donors (Lipinski definition) is 3. The summed E-state index contributed by atoms with van der Waals surface area (Å²) in [5.74, 6) is -0.0631. The number of amides is 1. The molecule has 0 aromatic carbocycles. The molecule has 2 atom stereocenters. The average Bonchev–Trinajstić information content (AvgIpc) is 3.46. The molecule has 0 bridgehead atoms. The molecule has 3 N–H and O–H groups in total. The molecule has 0 heterocycles. The highest BCUT2D eigenvalue weighted by Crippen LogP contribution is 2.19. The van der Waals surface area contributed by atoms with Crippen LogP contribution in [0.2, 0.25) is 0 Å². The molecule has 0 aliphatic heterocycles. The largest absolute Gasteiger partial charge is 0.466 e. The summed E-state index contributed by atoms with van der Waals surface area (Å²) in [6.45, 7) is 4.94. The lowest BCUT2D eigenvalue weighted by Gasteiger charge is -2.20. The number of carbonyl (C=O) groups is 2. The molecule has 0 aromatic heterocycles. The van der Waals surface area contributed by atoms with Gasteiger partial charge in [0.15, 0.2) is 0 Å². The number of aliphatic hydroxyl groups is 2. The first-order valence-corrected chi connectivity index (χ1v) is 36.3. The van der Waals surface area contributed by atoms with E-state index in [0.717, 1.165) is 57.8 Å². The number of hydrogen-bond acceptors (Lipinski definition) is 5. The topological polar surface area (TPSA) is 95.9 Å². The van der Waals surface area contributed by atoms with E-state index < -0.39 is 12.1 Å². The lowest BCUT2D eigenvalue weighted by Crippen LogP contribution is -2.45. The Morgan fingerprint density at radius 3 is 0.950 bits per heavy atom. The molecule has 0 aliphatic carbocycles. The second-order valence-corrected chi connectivity index (χ2v) is 24.9. The zero-order valence-corrected chi connectivity index (χ0v) is 54.1. The smallest absolute Gasteiger partial charge is 0.305 e. The number of aliphatic hydroxyl groups excluding tert-OH is 2. The van der Waals surface area contributed by atoms with Gasteiger partial charge in [-0.15, -0.1) is 0 Å². The second-order valence-electron chi connectivity index (χ2n) is 24.9. The van der Waals surface area contributed by atoms with Crippen LogP contribution < -0.4 is 5.32 Å². The molecular weight excluding hydrogens is 983 g/mol. The second kappa shape index (κ2) is 69.6. The summed E-state index contributed by atoms with van der Waals surface area (Å²) in [7, 11) is 0. The van der Waals surface area contributed by atoms with Crippen LogP contribution >= 0.6 is 0 Å². The minimum absolute atomic E-state index is 0.0116. The Bertz CT molecular complexity index is 1300. The molecule has 0 aliphatic rings. The summed E-state index contributed by atoms with van der Waals surface area (Å²) in [6.07, 6.45) is 89.4. The predicted molar refractivity (Wildman–Crippen MR) is 352 cm³/mol. The first-order chi connectivity index (χ1) is 39.5. The standard InChI is InChI=1S/C74H141NO5/c1-3-5-7-9-11-13-15-17-19-21-23-24-28-31-34-38-42-46-50-54-58-62-66-72(77)71(70-76)75-73(78)67-63-59-55-51-47-43-39-35-32-29-26-25-27-30-33-37-41-45-49-53-57-61-65-69-80-74(79)68-64-60-56-52-48-44-40-36-22-20-18-16-14-12-10-8-6-4-2/h25,27,29,32,62,66,71-72,76-77H,3-24,26,28,30-31,33-61,63-65,67-70H2,1-2H3,(H,75,78)/b27-25-,32-29-,66-62+. The van der Waals surface area contributed by atoms with Gasteiger partial charge in [-0.1, -0.05) is 359 Å². The van der Waals surface area contributed by atoms with Crippen LogP contribution in [0.5, 0.6) is 0 Å². The van der Waals surface area contributed by atoms with Crippen molar-refractivity contribution < 1.29 is 24.5 Å². The fraction of sp³-hybridized carbons (Fsp3) is 0.892. The van der Waals surface area contributed by atoms with Crippen LogP contribution in [0.4, 0.5) is 0 Å². The average molecular weight is 1120 g/mol. The van der Waals surface area contributed by atoms with Gasteiger partial charge in [0.2, 0.25) is 5.91 Å². The van der Waals surface area contributed by atoms with Crippen LogP contribution in [0.1, 0.15) is 399 Å². The van der Waals surface area contributed by atoms with E-state index >= 15 is 0 Å². The van der Waals surface area contributed by atoms with Crippen LogP contribution in [0, 0.1) is 0 Å². The van der Waals surface area contributed by atoms with E-state index in [-0.39, 0.29) is 18.5 Å². The van der Waals surface area contributed by atoms with Crippen LogP contribution in [-0.2, 0) is 14.3 Å². The fourth-order valence-corrected chi connectivity index (χ4v) is 11.4. The minimum atomic E-state index is -0.853. The lowest BCUT2D eigenvalue weighted by molar-refractivity contribution is -0.143. The van der Waals surface area contributed by atoms with Crippen LogP contribution in [-0.4, -0.2) is 47.4 Å². The summed E-state index contributed by atoms with van der Waals surface area (Å²) in [5.41, 5.74) is 0. The summed E-state index contributed by atoms with van der Waals surface area (Å²) in [4.78, 5) is 24.6. The minimum Gasteiger partial charge on any atom is -0.466 e. The van der Waals surface area contributed by atoms with Crippen LogP contribution in [0.25, 0.3) is 0 Å². The van der Waals surface area contributed by atoms with Gasteiger partial charge < -0.3 is 20.3 Å². The Labute approximate surface area is 500 Å². The lowest BCUT2D eigenvalue weighted by atomic mass is 10.0. The molecule has 0 saturated heterocycles. The van der Waals surface area contributed by atoms with Gasteiger partial charge >= 0.3 is 5.97 Å². The van der Waals surface area contributed by atoms with Crippen molar-refractivity contribution in [1.29, 1.82) is 0 Å². The molecule has 80 heavy (non-hydrogen) atoms. The van der Waals surface area contributed by atoms with E-state index in [2.05, 4.69) is 43.5 Å². The highest BCUT2D eigenvalue weighted by molar-refractivity contribution is 5.76. The molecule has 0 radical (unpaired) electrons. The monoisotopic (exact) mass is 1120 g/mol. The Balaban J connectivity index is 3.45. The number of esters is 1. The van der Waals surface area contributed by atoms with E-state index in [1.807, 2.05) is 6.08 Å². The van der Waals surface area contributed by atoms with E-state index in [4.69, 9.17) is 4.74 Å². The molecule has 2 unspecified atom stereocenters. The SMILES string of the molecule is CCCCCCCCCCCCCCCCCCCCCC/C=C/C(O)C(CO)NC(=O)CCCCCCCCC/C=C\C/C=C\CCCCCCCCCCCOC(=O)CCCCCCCCCCCCCCCCCCCC. The molecule has 6 heteroatoms. The normalized spacial score (nSPS) is 12.7. The van der Waals surface area contributed by atoms with Crippen molar-refractivity contribution >= 4 is 11.9 Å². The molecule has 0 aromatic rings. The third-order valence-electron chi connectivity index (χ3n) is 16.9. The number of unbranched alkanes of at least 4 members (excludes halogenated alkanes) is 53. The summed E-state index contributed by atoms with van der Waals surface area (Å²) in [6, 6.07) is -0.637. The zero-order valence-electron chi connectivity index (χ0n) is 54.1. The first kappa shape index (κ1) is 78.1. The molecule has 6 nitrogen and oxygen atoms in total. The number of rotatable bonds is 68. The Kier molecular flexibility index (Phi) is 67.9. The molecule has 472 valence electrons. The van der Waals surface area contributed by atoms with Crippen molar-refractivity contribution in [3.8, 4) is 0 Å². The van der Waals surface area contributed by atoms with E-state index in [9.17, 15) is 19.8 Å². The predicted octanol–water partition coefficient (Wildman–Crippen LogP) is 23.5. The maximum atomic E-state index is 12.5. The Morgan fingerprint density at radius 2 is 0.625 bits per heavy atom. The van der Waals surface area contributed by atoms with Gasteiger partial charge in [-0.2, -0.15) is 0 Å². The van der Waals surface area contributed by atoms with Gasteiger partial charge in [0.25, 0.3) is 0 Å². The molecule has 0 spiro atoms. The number of allylic oxidation sites excluding steroid dienone is 5. The summed E-state index contributed by atoms with van der Waals surface area (Å²) < 4.78 is 5.50. The van der Waals surface area contributed by atoms with Crippen molar-refractivity contribution in [2.75, 3.05) is 13.2 Å². The Morgan fingerprint density at radius 1 is 0.350 bits per heavy atom. The van der Waals surface area contributed by atoms with Crippen molar-refractivity contribution in [2.45, 2.75) is 411 Å². The summed E-state index contributed by atoms with van der Waals surface area (Å²) >= 11 is 0. The maximum absolute atomic E-state index is 12.5. The maximum Gasteiger partial charge on any atom is 0.305 e. The van der Waals surface area contributed by atoms with Gasteiger partial charge in [0.1, 0.15) is 0 Å². The van der Waals surface area contributed by atoms with Gasteiger partial charge in [-0.3, -0.25) is 9.59 Å². The molecule has 1 amide bonds. The van der Waals surface area contributed by atoms with Gasteiger partial charge in [0.05, 0.1) is 25.4 Å². The zero-order chi connectivity index (χ0) is 57.8. The quantitative estimate of drug-likeness (QED) is 0.0320. The van der Waals surface area contributed by atoms with Crippen molar-refractivity contribution in [3.63, 3.8) is 0 Å². The van der Waals surface area contributed by atoms with E-state index in [0.29, 0.717) is 19.4 Å². The highest BCUT2D eigenvalue weighted by atomic mass is 16.5. The van der Waals surface area contributed by atoms with Crippen LogP contribution in [0.15, 0.2) is 36.5 Å². The fourth-order valence-electron chi connectivity index (χ4n) is 11.4. The molecule has 0 fully saturated rings. The number of ether oxygens (including phenoxy) is 1. The van der Waals surface area contributed by atoms with Gasteiger partial charge in [-0.05, 0) is 64.2 Å². The van der Waals surface area contributed by atoms with Gasteiger partial charge in [0, 0.05) is 12.8 Å². The van der Waals surface area contributed by atoms with Crippen molar-refractivity contribution in [1.82, 2.24) is 5.32 Å². The van der Waals surface area contributed by atoms with E-state index in [1.54, 1.807) is 6.08 Å². The third-order valence-corrected chi connectivity index (χ3v) is 16.9. The van der Waals surface area contributed by atoms with Gasteiger partial charge in [-0.25, -0.2) is 0 Å². The third kappa shape index (κ3) is 65.2. The number of carbonyl (C=O) groups excluding carboxylic acids is 2.